The predicted molar refractivity (Wildman–Crippen MR) is 59.2 cm³/mol. The fourth-order valence-corrected chi connectivity index (χ4v) is 3.92. The minimum Gasteiger partial charge on any atom is -0.313 e. The molecule has 0 spiro atoms. The second kappa shape index (κ2) is 5.12. The van der Waals surface area contributed by atoms with Crippen LogP contribution in [0.1, 0.15) is 39.5 Å². The van der Waals surface area contributed by atoms with E-state index < -0.39 is 9.84 Å². The molecule has 0 saturated heterocycles. The standard InChI is InChI=1S/C10H21NO2S/c1-3-11-9-7-5-6-8-10(9)14(12,13)4-2/h9-11H,3-8H2,1-2H3. The molecule has 0 aromatic heterocycles. The van der Waals surface area contributed by atoms with E-state index in [0.29, 0.717) is 0 Å². The van der Waals surface area contributed by atoms with Crippen LogP contribution in [-0.4, -0.2) is 32.0 Å². The molecule has 0 heterocycles. The van der Waals surface area contributed by atoms with Crippen LogP contribution in [0.15, 0.2) is 0 Å². The Labute approximate surface area is 87.2 Å². The quantitative estimate of drug-likeness (QED) is 0.776. The number of rotatable bonds is 4. The minimum absolute atomic E-state index is 0.138. The first-order chi connectivity index (χ1) is 6.61. The van der Waals surface area contributed by atoms with Crippen LogP contribution in [0.25, 0.3) is 0 Å². The zero-order chi connectivity index (χ0) is 10.6. The van der Waals surface area contributed by atoms with Gasteiger partial charge in [0.15, 0.2) is 9.84 Å². The topological polar surface area (TPSA) is 46.2 Å². The van der Waals surface area contributed by atoms with Gasteiger partial charge in [-0.1, -0.05) is 26.7 Å². The van der Waals surface area contributed by atoms with Crippen molar-refractivity contribution in [2.24, 2.45) is 0 Å². The Morgan fingerprint density at radius 2 is 1.86 bits per heavy atom. The van der Waals surface area contributed by atoms with Gasteiger partial charge in [0, 0.05) is 11.8 Å². The van der Waals surface area contributed by atoms with Gasteiger partial charge in [-0.25, -0.2) is 8.42 Å². The molecule has 1 aliphatic carbocycles. The van der Waals surface area contributed by atoms with Crippen molar-refractivity contribution in [3.05, 3.63) is 0 Å². The summed E-state index contributed by atoms with van der Waals surface area (Å²) in [7, 11) is -2.86. The SMILES string of the molecule is CCNC1CCCCC1S(=O)(=O)CC. The van der Waals surface area contributed by atoms with Gasteiger partial charge in [-0.3, -0.25) is 0 Å². The second-order valence-electron chi connectivity index (χ2n) is 3.94. The van der Waals surface area contributed by atoms with E-state index in [1.807, 2.05) is 6.92 Å². The molecule has 0 aromatic carbocycles. The summed E-state index contributed by atoms with van der Waals surface area (Å²) in [6.07, 6.45) is 4.07. The third-order valence-electron chi connectivity index (χ3n) is 3.03. The van der Waals surface area contributed by atoms with Crippen molar-refractivity contribution in [3.63, 3.8) is 0 Å². The Balaban J connectivity index is 2.72. The lowest BCUT2D eigenvalue weighted by atomic mass is 9.95. The third-order valence-corrected chi connectivity index (χ3v) is 5.32. The van der Waals surface area contributed by atoms with Gasteiger partial charge in [-0.2, -0.15) is 0 Å². The molecule has 1 fully saturated rings. The Bertz CT molecular complexity index is 259. The largest absolute Gasteiger partial charge is 0.313 e. The molecule has 1 aliphatic rings. The average Bonchev–Trinajstić information content (AvgIpc) is 2.19. The molecule has 0 amide bonds. The van der Waals surface area contributed by atoms with Crippen LogP contribution in [0, 0.1) is 0 Å². The summed E-state index contributed by atoms with van der Waals surface area (Å²) >= 11 is 0. The van der Waals surface area contributed by atoms with E-state index in [0.717, 1.165) is 32.2 Å². The van der Waals surface area contributed by atoms with Crippen LogP contribution in [-0.2, 0) is 9.84 Å². The fourth-order valence-electron chi connectivity index (χ4n) is 2.24. The number of sulfone groups is 1. The zero-order valence-electron chi connectivity index (χ0n) is 9.12. The summed E-state index contributed by atoms with van der Waals surface area (Å²) in [5.41, 5.74) is 0. The maximum atomic E-state index is 11.8. The Kier molecular flexibility index (Phi) is 4.38. The van der Waals surface area contributed by atoms with E-state index >= 15 is 0 Å². The van der Waals surface area contributed by atoms with Gasteiger partial charge in [0.1, 0.15) is 0 Å². The molecule has 1 saturated carbocycles. The number of hydrogen-bond donors (Lipinski definition) is 1. The molecule has 1 rings (SSSR count). The first-order valence-corrected chi connectivity index (χ1v) is 7.28. The first kappa shape index (κ1) is 12.0. The van der Waals surface area contributed by atoms with E-state index in [4.69, 9.17) is 0 Å². The molecule has 84 valence electrons. The summed E-state index contributed by atoms with van der Waals surface area (Å²) in [5.74, 6) is 0.277. The molecule has 0 aromatic rings. The first-order valence-electron chi connectivity index (χ1n) is 5.56. The predicted octanol–water partition coefficient (Wildman–Crippen LogP) is 1.34. The normalized spacial score (nSPS) is 29.0. The van der Waals surface area contributed by atoms with Crippen LogP contribution >= 0.6 is 0 Å². The molecule has 4 heteroatoms. The van der Waals surface area contributed by atoms with Gasteiger partial charge in [0.05, 0.1) is 5.25 Å². The highest BCUT2D eigenvalue weighted by Crippen LogP contribution is 2.24. The van der Waals surface area contributed by atoms with Crippen molar-refractivity contribution >= 4 is 9.84 Å². The molecular formula is C10H21NO2S. The highest BCUT2D eigenvalue weighted by atomic mass is 32.2. The molecule has 1 N–H and O–H groups in total. The van der Waals surface area contributed by atoms with Crippen molar-refractivity contribution < 1.29 is 8.42 Å². The zero-order valence-corrected chi connectivity index (χ0v) is 9.94. The van der Waals surface area contributed by atoms with E-state index in [1.54, 1.807) is 6.92 Å². The molecular weight excluding hydrogens is 198 g/mol. The maximum absolute atomic E-state index is 11.8. The van der Waals surface area contributed by atoms with Gasteiger partial charge in [0.25, 0.3) is 0 Å². The Morgan fingerprint density at radius 3 is 2.43 bits per heavy atom. The van der Waals surface area contributed by atoms with Gasteiger partial charge in [0.2, 0.25) is 0 Å². The highest BCUT2D eigenvalue weighted by molar-refractivity contribution is 7.92. The summed E-state index contributed by atoms with van der Waals surface area (Å²) in [4.78, 5) is 0. The van der Waals surface area contributed by atoms with E-state index in [-0.39, 0.29) is 17.0 Å². The minimum atomic E-state index is -2.86. The van der Waals surface area contributed by atoms with Crippen LogP contribution in [0.3, 0.4) is 0 Å². The lowest BCUT2D eigenvalue weighted by Gasteiger charge is -2.31. The van der Waals surface area contributed by atoms with E-state index in [1.165, 1.54) is 0 Å². The second-order valence-corrected chi connectivity index (χ2v) is 6.45. The van der Waals surface area contributed by atoms with Crippen molar-refractivity contribution in [1.82, 2.24) is 5.32 Å². The van der Waals surface area contributed by atoms with Gasteiger partial charge >= 0.3 is 0 Å². The van der Waals surface area contributed by atoms with E-state index in [2.05, 4.69) is 5.32 Å². The molecule has 2 unspecified atom stereocenters. The smallest absolute Gasteiger partial charge is 0.154 e. The molecule has 0 radical (unpaired) electrons. The monoisotopic (exact) mass is 219 g/mol. The van der Waals surface area contributed by atoms with Crippen LogP contribution in [0.5, 0.6) is 0 Å². The van der Waals surface area contributed by atoms with Gasteiger partial charge < -0.3 is 5.32 Å². The summed E-state index contributed by atoms with van der Waals surface area (Å²) < 4.78 is 23.6. The highest BCUT2D eigenvalue weighted by Gasteiger charge is 2.33. The van der Waals surface area contributed by atoms with Gasteiger partial charge in [-0.05, 0) is 19.4 Å². The van der Waals surface area contributed by atoms with Crippen LogP contribution in [0.2, 0.25) is 0 Å². The van der Waals surface area contributed by atoms with Crippen molar-refractivity contribution in [3.8, 4) is 0 Å². The van der Waals surface area contributed by atoms with Gasteiger partial charge in [-0.15, -0.1) is 0 Å². The third kappa shape index (κ3) is 2.70. The fraction of sp³-hybridized carbons (Fsp3) is 1.00. The molecule has 3 nitrogen and oxygen atoms in total. The van der Waals surface area contributed by atoms with Crippen molar-refractivity contribution in [2.75, 3.05) is 12.3 Å². The molecule has 2 atom stereocenters. The Morgan fingerprint density at radius 1 is 1.21 bits per heavy atom. The van der Waals surface area contributed by atoms with Crippen LogP contribution < -0.4 is 5.32 Å². The average molecular weight is 219 g/mol. The summed E-state index contributed by atoms with van der Waals surface area (Å²) in [6.45, 7) is 4.64. The number of hydrogen-bond acceptors (Lipinski definition) is 3. The molecule has 0 aliphatic heterocycles. The summed E-state index contributed by atoms with van der Waals surface area (Å²) in [5, 5.41) is 3.16. The molecule has 0 bridgehead atoms. The maximum Gasteiger partial charge on any atom is 0.154 e. The lowest BCUT2D eigenvalue weighted by Crippen LogP contribution is -2.46. The summed E-state index contributed by atoms with van der Waals surface area (Å²) in [6, 6.07) is 0.193. The van der Waals surface area contributed by atoms with Crippen molar-refractivity contribution in [1.29, 1.82) is 0 Å². The van der Waals surface area contributed by atoms with E-state index in [9.17, 15) is 8.42 Å². The Hall–Kier alpha value is -0.0900. The van der Waals surface area contributed by atoms with Crippen molar-refractivity contribution in [2.45, 2.75) is 50.8 Å². The molecule has 14 heavy (non-hydrogen) atoms. The number of nitrogens with one attached hydrogen (secondary N) is 1. The van der Waals surface area contributed by atoms with Crippen LogP contribution in [0.4, 0.5) is 0 Å². The lowest BCUT2D eigenvalue weighted by molar-refractivity contribution is 0.377.